The highest BCUT2D eigenvalue weighted by Crippen LogP contribution is 2.47. The van der Waals surface area contributed by atoms with E-state index < -0.39 is 23.9 Å². The van der Waals surface area contributed by atoms with E-state index >= 15 is 0 Å². The molecular weight excluding hydrogens is 754 g/mol. The van der Waals surface area contributed by atoms with Crippen LogP contribution in [0, 0.1) is 0 Å². The highest BCUT2D eigenvalue weighted by atomic mass is 16.8. The summed E-state index contributed by atoms with van der Waals surface area (Å²) >= 11 is 0. The lowest BCUT2D eigenvalue weighted by Crippen LogP contribution is -2.32. The van der Waals surface area contributed by atoms with Crippen LogP contribution >= 0.6 is 0 Å². The molecule has 0 bridgehead atoms. The molecule has 314 valence electrons. The summed E-state index contributed by atoms with van der Waals surface area (Å²) in [7, 11) is 0. The molecule has 1 fully saturated rings. The van der Waals surface area contributed by atoms with Gasteiger partial charge in [0.05, 0.1) is 18.9 Å². The Morgan fingerprint density at radius 2 is 1.26 bits per heavy atom. The van der Waals surface area contributed by atoms with E-state index in [-0.39, 0.29) is 75.4 Å². The van der Waals surface area contributed by atoms with Crippen LogP contribution in [0.5, 0.6) is 0 Å². The number of aliphatic hydroxyl groups is 1. The first-order valence-corrected chi connectivity index (χ1v) is 19.6. The Morgan fingerprint density at radius 3 is 1.79 bits per heavy atom. The van der Waals surface area contributed by atoms with Gasteiger partial charge in [-0.1, -0.05) is 30.7 Å². The fourth-order valence-electron chi connectivity index (χ4n) is 6.22. The molecule has 17 heteroatoms. The van der Waals surface area contributed by atoms with E-state index in [1.165, 1.54) is 0 Å². The van der Waals surface area contributed by atoms with E-state index in [1.807, 2.05) is 19.1 Å². The molecule has 17 nitrogen and oxygen atoms in total. The first-order chi connectivity index (χ1) is 28.0. The molecule has 2 aromatic carbocycles. The number of anilines is 2. The molecule has 1 atom stereocenters. The van der Waals surface area contributed by atoms with Gasteiger partial charge in [-0.15, -0.1) is 0 Å². The second kappa shape index (κ2) is 23.4. The Bertz CT molecular complexity index is 1800. The van der Waals surface area contributed by atoms with Crippen LogP contribution in [0.4, 0.5) is 16.2 Å². The summed E-state index contributed by atoms with van der Waals surface area (Å²) in [5.41, 5.74) is 3.93. The lowest BCUT2D eigenvalue weighted by molar-refractivity contribution is -0.177. The van der Waals surface area contributed by atoms with Crippen LogP contribution in [0.3, 0.4) is 0 Å². The number of ether oxygens (including phenoxy) is 3. The topological polar surface area (TPSA) is 228 Å². The summed E-state index contributed by atoms with van der Waals surface area (Å²) in [6.07, 6.45) is 1.82. The van der Waals surface area contributed by atoms with Gasteiger partial charge in [0.1, 0.15) is 13.2 Å². The minimum Gasteiger partial charge on any atom is -0.497 e. The number of hydrogen-bond donors (Lipinski definition) is 5. The van der Waals surface area contributed by atoms with E-state index in [1.54, 1.807) is 24.3 Å². The van der Waals surface area contributed by atoms with Crippen molar-refractivity contribution in [1.82, 2.24) is 15.7 Å². The highest BCUT2D eigenvalue weighted by Gasteiger charge is 2.35. The van der Waals surface area contributed by atoms with Gasteiger partial charge >= 0.3 is 6.16 Å². The minimum absolute atomic E-state index is 0.0764. The number of hydrogen-bond acceptors (Lipinski definition) is 12. The number of carbonyl (C=O) groups excluding carboxylic acids is 7. The Labute approximate surface area is 337 Å². The van der Waals surface area contributed by atoms with Crippen LogP contribution in [0.25, 0.3) is 11.1 Å². The van der Waals surface area contributed by atoms with Crippen molar-refractivity contribution in [3.63, 3.8) is 0 Å². The SMILES string of the molecule is C=C(CC)OCCNC(=O)CCCC(=O)Nc1ccc2c(c1)C(COC(=O)ON1C(=O)CCC1=O)c1cc(NC(=O)CCCC(=O)NCCOCCCCO)ccc1-2. The average Bonchev–Trinajstić information content (AvgIpc) is 3.68. The molecule has 5 N–H and O–H groups in total. The Morgan fingerprint density at radius 1 is 0.724 bits per heavy atom. The molecule has 1 unspecified atom stereocenters. The Hall–Kier alpha value is -5.81. The molecule has 0 saturated carbocycles. The third-order valence-corrected chi connectivity index (χ3v) is 9.26. The van der Waals surface area contributed by atoms with Crippen molar-refractivity contribution in [2.75, 3.05) is 56.8 Å². The minimum atomic E-state index is -1.25. The van der Waals surface area contributed by atoms with Crippen LogP contribution in [-0.4, -0.2) is 97.9 Å². The normalized spacial score (nSPS) is 14.0. The van der Waals surface area contributed by atoms with Gasteiger partial charge in [0.25, 0.3) is 11.8 Å². The molecule has 1 aliphatic heterocycles. The molecule has 0 radical (unpaired) electrons. The molecule has 1 heterocycles. The van der Waals surface area contributed by atoms with Gasteiger partial charge < -0.3 is 40.6 Å². The number of hydroxylamine groups is 2. The number of fused-ring (bicyclic) bond motifs is 3. The van der Waals surface area contributed by atoms with E-state index in [9.17, 15) is 33.6 Å². The number of unbranched alkanes of at least 4 members (excludes halogenated alkanes) is 1. The van der Waals surface area contributed by atoms with Crippen molar-refractivity contribution in [2.24, 2.45) is 0 Å². The standard InChI is InChI=1S/C41H53N5O12/c1-3-27(2)56-23-19-43-36(49)9-7-11-38(51)45-29-13-15-31-30-14-12-28(44-37(50)10-6-8-35(48)42-18-22-55-21-5-4-20-47)24-32(30)34(33(31)25-29)26-57-41(54)58-46-39(52)16-17-40(46)53/h12-15,24-25,34,47H,2-11,16-23,26H2,1H3,(H,42,48)(H,43,49)(H,44,50)(H,45,51). The molecule has 1 aliphatic carbocycles. The van der Waals surface area contributed by atoms with Crippen molar-refractivity contribution in [2.45, 2.75) is 83.5 Å². The molecule has 0 aromatic heterocycles. The Balaban J connectivity index is 1.34. The third-order valence-electron chi connectivity index (χ3n) is 9.26. The number of aliphatic hydroxyl groups excluding tert-OH is 1. The van der Waals surface area contributed by atoms with Crippen molar-refractivity contribution >= 4 is 53.0 Å². The summed E-state index contributed by atoms with van der Waals surface area (Å²) in [6.45, 7) is 7.37. The van der Waals surface area contributed by atoms with Crippen LogP contribution in [-0.2, 0) is 47.8 Å². The van der Waals surface area contributed by atoms with Crippen molar-refractivity contribution in [1.29, 1.82) is 0 Å². The molecule has 58 heavy (non-hydrogen) atoms. The largest absolute Gasteiger partial charge is 0.533 e. The van der Waals surface area contributed by atoms with Gasteiger partial charge in [-0.2, -0.15) is 0 Å². The van der Waals surface area contributed by atoms with Crippen LogP contribution < -0.4 is 21.3 Å². The fourth-order valence-corrected chi connectivity index (χ4v) is 6.22. The molecule has 2 aromatic rings. The van der Waals surface area contributed by atoms with Gasteiger partial charge in [-0.3, -0.25) is 33.6 Å². The second-order valence-corrected chi connectivity index (χ2v) is 13.7. The van der Waals surface area contributed by atoms with E-state index in [4.69, 9.17) is 24.2 Å². The van der Waals surface area contributed by atoms with Gasteiger partial charge in [0.2, 0.25) is 23.6 Å². The average molecular weight is 808 g/mol. The number of nitrogens with one attached hydrogen (secondary N) is 4. The zero-order valence-corrected chi connectivity index (χ0v) is 32.9. The summed E-state index contributed by atoms with van der Waals surface area (Å²) in [5, 5.41) is 20.4. The van der Waals surface area contributed by atoms with Crippen LogP contribution in [0.2, 0.25) is 0 Å². The number of imide groups is 1. The maximum atomic E-state index is 12.9. The first-order valence-electron chi connectivity index (χ1n) is 19.6. The summed E-state index contributed by atoms with van der Waals surface area (Å²) in [6, 6.07) is 10.6. The number of amides is 6. The smallest absolute Gasteiger partial charge is 0.497 e. The van der Waals surface area contributed by atoms with Crippen molar-refractivity contribution in [3.05, 3.63) is 59.9 Å². The molecule has 4 rings (SSSR count). The van der Waals surface area contributed by atoms with Crippen LogP contribution in [0.15, 0.2) is 48.7 Å². The summed E-state index contributed by atoms with van der Waals surface area (Å²) in [5.74, 6) is -2.26. The van der Waals surface area contributed by atoms with E-state index in [2.05, 4.69) is 27.8 Å². The number of allylic oxidation sites excluding steroid dienone is 1. The van der Waals surface area contributed by atoms with E-state index in [0.717, 1.165) is 17.5 Å². The second-order valence-electron chi connectivity index (χ2n) is 13.7. The monoisotopic (exact) mass is 807 g/mol. The lowest BCUT2D eigenvalue weighted by Gasteiger charge is -2.17. The molecular formula is C41H53N5O12. The fraction of sp³-hybridized carbons (Fsp3) is 0.488. The van der Waals surface area contributed by atoms with Gasteiger partial charge in [0, 0.05) is 82.0 Å². The van der Waals surface area contributed by atoms with Crippen molar-refractivity contribution < 1.29 is 57.7 Å². The zero-order valence-electron chi connectivity index (χ0n) is 32.9. The van der Waals surface area contributed by atoms with Gasteiger partial charge in [0.15, 0.2) is 0 Å². The first kappa shape index (κ1) is 44.9. The quantitative estimate of drug-likeness (QED) is 0.0412. The predicted octanol–water partition coefficient (Wildman–Crippen LogP) is 4.20. The molecule has 6 amide bonds. The lowest BCUT2D eigenvalue weighted by atomic mass is 9.97. The molecule has 1 saturated heterocycles. The number of rotatable bonds is 25. The Kier molecular flexibility index (Phi) is 18.1. The van der Waals surface area contributed by atoms with Gasteiger partial charge in [-0.05, 0) is 72.2 Å². The number of benzene rings is 2. The molecule has 2 aliphatic rings. The van der Waals surface area contributed by atoms with E-state index in [0.29, 0.717) is 91.9 Å². The zero-order chi connectivity index (χ0) is 41.9. The summed E-state index contributed by atoms with van der Waals surface area (Å²) in [4.78, 5) is 91.6. The third kappa shape index (κ3) is 14.3. The number of nitrogens with zero attached hydrogens (tertiary/aromatic N) is 1. The van der Waals surface area contributed by atoms with Crippen molar-refractivity contribution in [3.8, 4) is 11.1 Å². The van der Waals surface area contributed by atoms with Gasteiger partial charge in [-0.25, -0.2) is 4.79 Å². The van der Waals surface area contributed by atoms with Crippen LogP contribution in [0.1, 0.15) is 94.6 Å². The highest BCUT2D eigenvalue weighted by molar-refractivity contribution is 6.01. The predicted molar refractivity (Wildman–Crippen MR) is 211 cm³/mol. The number of carbonyl (C=O) groups is 7. The maximum Gasteiger partial charge on any atom is 0.533 e. The summed E-state index contributed by atoms with van der Waals surface area (Å²) < 4.78 is 16.2. The maximum absolute atomic E-state index is 12.9. The molecule has 0 spiro atoms.